The Kier molecular flexibility index (Phi) is 10.3. The number of fused-ring (bicyclic) bond motifs is 3. The summed E-state index contributed by atoms with van der Waals surface area (Å²) in [5, 5.41) is 16.3. The van der Waals surface area contributed by atoms with E-state index in [4.69, 9.17) is 4.74 Å². The van der Waals surface area contributed by atoms with Crippen LogP contribution in [0.3, 0.4) is 0 Å². The molecular weight excluding hydrogens is 536 g/mol. The molecule has 2 saturated carbocycles. The number of hydrogen-bond donors (Lipinski definition) is 1. The van der Waals surface area contributed by atoms with Gasteiger partial charge in [-0.2, -0.15) is 0 Å². The molecule has 226 valence electrons. The Morgan fingerprint density at radius 3 is 2.33 bits per heavy atom. The van der Waals surface area contributed by atoms with Crippen LogP contribution in [0.15, 0.2) is 65.8 Å². The topological polar surface area (TPSA) is 80.9 Å². The van der Waals surface area contributed by atoms with Crippen LogP contribution < -0.4 is 0 Å². The van der Waals surface area contributed by atoms with E-state index in [2.05, 4.69) is 53.0 Å². The van der Waals surface area contributed by atoms with Gasteiger partial charge in [-0.15, -0.1) is 0 Å². The Morgan fingerprint density at radius 1 is 0.930 bits per heavy atom. The fourth-order valence-electron chi connectivity index (χ4n) is 7.07. The molecule has 4 aromatic rings. The largest absolute Gasteiger partial charge is 0.465 e. The molecular formula is C37H44N2O4. The van der Waals surface area contributed by atoms with E-state index < -0.39 is 0 Å². The number of ketones is 1. The van der Waals surface area contributed by atoms with Crippen LogP contribution >= 0.6 is 0 Å². The average Bonchev–Trinajstić information content (AvgIpc) is 3.65. The quantitative estimate of drug-likeness (QED) is 0.0931. The molecule has 1 heterocycles. The minimum absolute atomic E-state index is 0.233. The summed E-state index contributed by atoms with van der Waals surface area (Å²) >= 11 is 0. The van der Waals surface area contributed by atoms with Gasteiger partial charge in [-0.25, -0.2) is 0 Å². The van der Waals surface area contributed by atoms with Crippen molar-refractivity contribution in [3.05, 3.63) is 82.9 Å². The van der Waals surface area contributed by atoms with Crippen molar-refractivity contribution >= 4 is 39.8 Å². The monoisotopic (exact) mass is 580 g/mol. The van der Waals surface area contributed by atoms with Crippen molar-refractivity contribution in [2.45, 2.75) is 97.1 Å². The van der Waals surface area contributed by atoms with Gasteiger partial charge in [0.05, 0.1) is 5.52 Å². The molecule has 6 nitrogen and oxygen atoms in total. The number of oxime groups is 1. The highest BCUT2D eigenvalue weighted by Crippen LogP contribution is 2.35. The fourth-order valence-corrected chi connectivity index (χ4v) is 7.07. The third-order valence-electron chi connectivity index (χ3n) is 9.19. The smallest absolute Gasteiger partial charge is 0.293 e. The Morgan fingerprint density at radius 2 is 1.63 bits per heavy atom. The van der Waals surface area contributed by atoms with E-state index in [1.165, 1.54) is 44.9 Å². The van der Waals surface area contributed by atoms with Crippen LogP contribution in [0.5, 0.6) is 0 Å². The van der Waals surface area contributed by atoms with E-state index in [-0.39, 0.29) is 6.10 Å². The number of para-hydroxylation sites is 1. The van der Waals surface area contributed by atoms with Crippen molar-refractivity contribution in [2.24, 2.45) is 11.1 Å². The molecule has 2 fully saturated rings. The van der Waals surface area contributed by atoms with Crippen LogP contribution in [0.25, 0.3) is 21.8 Å². The average molecular weight is 581 g/mol. The van der Waals surface area contributed by atoms with Gasteiger partial charge in [-0.3, -0.25) is 9.59 Å². The van der Waals surface area contributed by atoms with Gasteiger partial charge in [0.2, 0.25) is 0 Å². The molecule has 6 heteroatoms. The maximum Gasteiger partial charge on any atom is 0.293 e. The molecule has 0 unspecified atom stereocenters. The van der Waals surface area contributed by atoms with Crippen LogP contribution in [0.2, 0.25) is 0 Å². The van der Waals surface area contributed by atoms with Gasteiger partial charge in [0.15, 0.2) is 0 Å². The summed E-state index contributed by atoms with van der Waals surface area (Å²) < 4.78 is 7.09. The zero-order chi connectivity index (χ0) is 30.2. The first-order valence-electron chi connectivity index (χ1n) is 16.0. The molecule has 0 amide bonds. The van der Waals surface area contributed by atoms with Gasteiger partial charge in [0.25, 0.3) is 6.47 Å². The lowest BCUT2D eigenvalue weighted by atomic mass is 9.92. The highest BCUT2D eigenvalue weighted by atomic mass is 16.5. The summed E-state index contributed by atoms with van der Waals surface area (Å²) in [7, 11) is 0. The highest BCUT2D eigenvalue weighted by Gasteiger charge is 2.23. The molecule has 0 atom stereocenters. The second kappa shape index (κ2) is 14.5. The maximum absolute atomic E-state index is 13.0. The minimum atomic E-state index is 0.233. The maximum atomic E-state index is 13.0. The summed E-state index contributed by atoms with van der Waals surface area (Å²) in [5.74, 6) is 0.842. The number of ether oxygens (including phenoxy) is 1. The van der Waals surface area contributed by atoms with Crippen LogP contribution in [0.4, 0.5) is 0 Å². The van der Waals surface area contributed by atoms with Gasteiger partial charge < -0.3 is 14.5 Å². The molecule has 43 heavy (non-hydrogen) atoms. The Balaban J connectivity index is 0.000000351. The third-order valence-corrected chi connectivity index (χ3v) is 9.19. The van der Waals surface area contributed by atoms with E-state index in [1.807, 2.05) is 31.2 Å². The lowest BCUT2D eigenvalue weighted by Gasteiger charge is -2.18. The molecule has 3 aromatic carbocycles. The zero-order valence-electron chi connectivity index (χ0n) is 25.6. The van der Waals surface area contributed by atoms with E-state index in [9.17, 15) is 14.8 Å². The number of aryl methyl sites for hydroxylation is 2. The van der Waals surface area contributed by atoms with Crippen molar-refractivity contribution in [3.63, 3.8) is 0 Å². The molecule has 1 N–H and O–H groups in total. The lowest BCUT2D eigenvalue weighted by Crippen LogP contribution is -2.15. The van der Waals surface area contributed by atoms with Crippen molar-refractivity contribution in [3.8, 4) is 0 Å². The van der Waals surface area contributed by atoms with Crippen LogP contribution in [0.1, 0.15) is 93.4 Å². The molecule has 0 saturated heterocycles. The highest BCUT2D eigenvalue weighted by molar-refractivity contribution is 6.23. The molecule has 2 aliphatic carbocycles. The molecule has 2 aliphatic rings. The van der Waals surface area contributed by atoms with Crippen molar-refractivity contribution in [1.82, 2.24) is 4.57 Å². The van der Waals surface area contributed by atoms with E-state index in [0.29, 0.717) is 36.7 Å². The van der Waals surface area contributed by atoms with E-state index in [0.717, 1.165) is 63.4 Å². The van der Waals surface area contributed by atoms with Gasteiger partial charge in [0, 0.05) is 46.8 Å². The molecule has 0 spiro atoms. The van der Waals surface area contributed by atoms with Crippen molar-refractivity contribution in [2.75, 3.05) is 0 Å². The Bertz CT molecular complexity index is 1590. The molecule has 1 aromatic heterocycles. The molecule has 0 bridgehead atoms. The number of hydrogen-bond acceptors (Lipinski definition) is 5. The number of carbonyl (C=O) groups is 2. The minimum Gasteiger partial charge on any atom is -0.465 e. The summed E-state index contributed by atoms with van der Waals surface area (Å²) in [4.78, 5) is 22.9. The Hall–Kier alpha value is -3.93. The van der Waals surface area contributed by atoms with Crippen molar-refractivity contribution < 1.29 is 19.5 Å². The zero-order valence-corrected chi connectivity index (χ0v) is 25.6. The van der Waals surface area contributed by atoms with Crippen LogP contribution in [-0.2, 0) is 27.3 Å². The predicted molar refractivity (Wildman–Crippen MR) is 173 cm³/mol. The summed E-state index contributed by atoms with van der Waals surface area (Å²) in [6.45, 7) is 5.53. The normalized spacial score (nSPS) is 16.3. The number of rotatable bonds is 9. The molecule has 0 aliphatic heterocycles. The summed E-state index contributed by atoms with van der Waals surface area (Å²) in [6.07, 6.45) is 12.0. The second-order valence-corrected chi connectivity index (χ2v) is 12.1. The second-order valence-electron chi connectivity index (χ2n) is 12.1. The summed E-state index contributed by atoms with van der Waals surface area (Å²) in [6, 6.07) is 20.6. The van der Waals surface area contributed by atoms with Crippen molar-refractivity contribution in [1.29, 1.82) is 0 Å². The Labute approximate surface area is 254 Å². The first kappa shape index (κ1) is 30.5. The van der Waals surface area contributed by atoms with Crippen LogP contribution in [0, 0.1) is 12.8 Å². The first-order chi connectivity index (χ1) is 21.0. The SMILES string of the molecule is CCn1c2ccccc2c2cc(CC(=O)CC3CCCC3)cc(C(=NO)c3ccccc3C)c21.O=COC1CCCCC1. The first-order valence-corrected chi connectivity index (χ1v) is 16.0. The van der Waals surface area contributed by atoms with E-state index in [1.54, 1.807) is 0 Å². The molecule has 6 rings (SSSR count). The van der Waals surface area contributed by atoms with Gasteiger partial charge in [0.1, 0.15) is 17.6 Å². The number of benzene rings is 3. The number of aromatic nitrogens is 1. The van der Waals surface area contributed by atoms with E-state index >= 15 is 0 Å². The van der Waals surface area contributed by atoms with Crippen LogP contribution in [-0.4, -0.2) is 33.8 Å². The van der Waals surface area contributed by atoms with Gasteiger partial charge >= 0.3 is 0 Å². The lowest BCUT2D eigenvalue weighted by molar-refractivity contribution is -0.134. The molecule has 0 radical (unpaired) electrons. The number of nitrogens with zero attached hydrogens (tertiary/aromatic N) is 2. The van der Waals surface area contributed by atoms with Gasteiger partial charge in [-0.05, 0) is 74.8 Å². The predicted octanol–water partition coefficient (Wildman–Crippen LogP) is 8.53. The fraction of sp³-hybridized carbons (Fsp3) is 0.432. The number of Topliss-reactive ketones (excluding diaryl/α,β-unsaturated/α-hetero) is 1. The third kappa shape index (κ3) is 7.01. The standard InChI is InChI=1S/C30H32N2O2.C7H12O2/c1-3-32-28-15-9-8-14-25(28)26-18-22(17-23(33)16-21-11-5-6-12-21)19-27(30(26)32)29(31-34)24-13-7-4-10-20(24)2;8-6-9-7-4-2-1-3-5-7/h4,7-10,13-15,18-19,21,34H,3,5-6,11-12,16-17H2,1-2H3;6-7H,1-5H2. The summed E-state index contributed by atoms with van der Waals surface area (Å²) in [5.41, 5.74) is 6.55. The number of carbonyl (C=O) groups excluding carboxylic acids is 2. The van der Waals surface area contributed by atoms with Gasteiger partial charge in [-0.1, -0.05) is 79.7 Å².